The molecule has 0 aliphatic carbocycles. The van der Waals surface area contributed by atoms with E-state index < -0.39 is 15.6 Å². The van der Waals surface area contributed by atoms with Crippen LogP contribution in [0.15, 0.2) is 0 Å². The zero-order valence-corrected chi connectivity index (χ0v) is 15.8. The third-order valence-electron chi connectivity index (χ3n) is 3.93. The molecule has 0 amide bonds. The Morgan fingerprint density at radius 3 is 1.76 bits per heavy atom. The van der Waals surface area contributed by atoms with Gasteiger partial charge in [0.25, 0.3) is 0 Å². The van der Waals surface area contributed by atoms with Gasteiger partial charge in [-0.05, 0) is 33.1 Å². The molecule has 0 aliphatic rings. The summed E-state index contributed by atoms with van der Waals surface area (Å²) in [7, 11) is -3.25. The van der Waals surface area contributed by atoms with Crippen LogP contribution in [0.2, 0.25) is 0 Å². The van der Waals surface area contributed by atoms with E-state index in [-0.39, 0.29) is 18.1 Å². The van der Waals surface area contributed by atoms with Gasteiger partial charge in [0, 0.05) is 31.2 Å². The summed E-state index contributed by atoms with van der Waals surface area (Å²) < 4.78 is 25.5. The lowest BCUT2D eigenvalue weighted by molar-refractivity contribution is 0.0805. The predicted octanol–water partition coefficient (Wildman–Crippen LogP) is 1.78. The standard InChI is InChI=1S/C15H34N2O3S/c1-13(14(2,3)4)16(11-12-18)9-10-17(15(5,6)7)21(8,19)20/h13,18H,9-12H2,1-8H3. The van der Waals surface area contributed by atoms with Gasteiger partial charge in [-0.1, -0.05) is 20.8 Å². The highest BCUT2D eigenvalue weighted by Crippen LogP contribution is 2.24. The average molecular weight is 323 g/mol. The summed E-state index contributed by atoms with van der Waals surface area (Å²) >= 11 is 0. The summed E-state index contributed by atoms with van der Waals surface area (Å²) in [6.07, 6.45) is 1.25. The van der Waals surface area contributed by atoms with Crippen LogP contribution in [0.5, 0.6) is 0 Å². The second kappa shape index (κ2) is 7.40. The van der Waals surface area contributed by atoms with E-state index in [1.165, 1.54) is 10.6 Å². The lowest BCUT2D eigenvalue weighted by Crippen LogP contribution is -2.51. The number of rotatable bonds is 7. The van der Waals surface area contributed by atoms with E-state index in [0.29, 0.717) is 19.6 Å². The van der Waals surface area contributed by atoms with Crippen LogP contribution in [0.3, 0.4) is 0 Å². The van der Waals surface area contributed by atoms with Gasteiger partial charge >= 0.3 is 0 Å². The first-order valence-electron chi connectivity index (χ1n) is 7.54. The summed E-state index contributed by atoms with van der Waals surface area (Å²) in [5.74, 6) is 0. The van der Waals surface area contributed by atoms with Crippen molar-refractivity contribution in [3.8, 4) is 0 Å². The van der Waals surface area contributed by atoms with Gasteiger partial charge in [-0.2, -0.15) is 4.31 Å². The molecule has 5 nitrogen and oxygen atoms in total. The average Bonchev–Trinajstić information content (AvgIpc) is 2.21. The highest BCUT2D eigenvalue weighted by Gasteiger charge is 2.31. The molecular formula is C15H34N2O3S. The summed E-state index contributed by atoms with van der Waals surface area (Å²) in [5, 5.41) is 9.26. The fraction of sp³-hybridized carbons (Fsp3) is 1.00. The van der Waals surface area contributed by atoms with Crippen LogP contribution in [0.1, 0.15) is 48.5 Å². The Morgan fingerprint density at radius 2 is 1.48 bits per heavy atom. The van der Waals surface area contributed by atoms with Crippen molar-refractivity contribution < 1.29 is 13.5 Å². The minimum atomic E-state index is -3.25. The first-order chi connectivity index (χ1) is 9.21. The number of sulfonamides is 1. The van der Waals surface area contributed by atoms with E-state index in [2.05, 4.69) is 32.6 Å². The second-order valence-electron chi connectivity index (χ2n) is 7.81. The highest BCUT2D eigenvalue weighted by molar-refractivity contribution is 7.88. The topological polar surface area (TPSA) is 60.9 Å². The summed E-state index contributed by atoms with van der Waals surface area (Å²) in [6.45, 7) is 16.0. The van der Waals surface area contributed by atoms with E-state index in [9.17, 15) is 13.5 Å². The van der Waals surface area contributed by atoms with E-state index in [4.69, 9.17) is 0 Å². The zero-order chi connectivity index (χ0) is 17.1. The van der Waals surface area contributed by atoms with Crippen molar-refractivity contribution in [2.24, 2.45) is 5.41 Å². The van der Waals surface area contributed by atoms with Crippen LogP contribution < -0.4 is 0 Å². The molecule has 0 radical (unpaired) electrons. The maximum absolute atomic E-state index is 12.0. The molecule has 0 heterocycles. The Balaban J connectivity index is 5.04. The summed E-state index contributed by atoms with van der Waals surface area (Å²) in [6, 6.07) is 0.256. The van der Waals surface area contributed by atoms with Crippen molar-refractivity contribution in [2.45, 2.75) is 60.0 Å². The molecule has 0 aromatic rings. The largest absolute Gasteiger partial charge is 0.395 e. The maximum Gasteiger partial charge on any atom is 0.211 e. The van der Waals surface area contributed by atoms with Crippen LogP contribution in [0.4, 0.5) is 0 Å². The predicted molar refractivity (Wildman–Crippen MR) is 88.9 cm³/mol. The Kier molecular flexibility index (Phi) is 7.34. The fourth-order valence-electron chi connectivity index (χ4n) is 2.39. The molecule has 0 fully saturated rings. The molecule has 0 rings (SSSR count). The smallest absolute Gasteiger partial charge is 0.211 e. The van der Waals surface area contributed by atoms with Gasteiger partial charge in [0.2, 0.25) is 10.0 Å². The first-order valence-corrected chi connectivity index (χ1v) is 9.39. The van der Waals surface area contributed by atoms with Crippen molar-refractivity contribution in [2.75, 3.05) is 32.5 Å². The lowest BCUT2D eigenvalue weighted by Gasteiger charge is -2.40. The molecule has 21 heavy (non-hydrogen) atoms. The first kappa shape index (κ1) is 20.8. The van der Waals surface area contributed by atoms with Gasteiger partial charge in [-0.15, -0.1) is 0 Å². The van der Waals surface area contributed by atoms with Gasteiger partial charge in [0.15, 0.2) is 0 Å². The van der Waals surface area contributed by atoms with E-state index in [0.717, 1.165) is 0 Å². The number of nitrogens with zero attached hydrogens (tertiary/aromatic N) is 2. The molecule has 0 saturated carbocycles. The monoisotopic (exact) mass is 322 g/mol. The Morgan fingerprint density at radius 1 is 1.00 bits per heavy atom. The van der Waals surface area contributed by atoms with Crippen LogP contribution >= 0.6 is 0 Å². The molecule has 1 atom stereocenters. The van der Waals surface area contributed by atoms with Crippen molar-refractivity contribution >= 4 is 10.0 Å². The molecular weight excluding hydrogens is 288 g/mol. The van der Waals surface area contributed by atoms with Gasteiger partial charge < -0.3 is 5.11 Å². The van der Waals surface area contributed by atoms with Gasteiger partial charge in [0.05, 0.1) is 12.9 Å². The molecule has 0 aromatic carbocycles. The van der Waals surface area contributed by atoms with Crippen molar-refractivity contribution in [1.82, 2.24) is 9.21 Å². The molecule has 0 aromatic heterocycles. The third kappa shape index (κ3) is 7.08. The van der Waals surface area contributed by atoms with E-state index >= 15 is 0 Å². The lowest BCUT2D eigenvalue weighted by atomic mass is 9.87. The van der Waals surface area contributed by atoms with Gasteiger partial charge in [-0.25, -0.2) is 8.42 Å². The van der Waals surface area contributed by atoms with Crippen LogP contribution in [-0.4, -0.2) is 66.8 Å². The molecule has 1 unspecified atom stereocenters. The van der Waals surface area contributed by atoms with Crippen molar-refractivity contribution in [1.29, 1.82) is 0 Å². The number of aliphatic hydroxyl groups is 1. The Bertz CT molecular complexity index is 408. The maximum atomic E-state index is 12.0. The van der Waals surface area contributed by atoms with Crippen LogP contribution in [0, 0.1) is 5.41 Å². The van der Waals surface area contributed by atoms with E-state index in [1.807, 2.05) is 20.8 Å². The minimum absolute atomic E-state index is 0.0762. The van der Waals surface area contributed by atoms with Gasteiger partial charge in [0.1, 0.15) is 0 Å². The Labute approximate surface area is 131 Å². The molecule has 0 saturated heterocycles. The molecule has 0 aliphatic heterocycles. The fourth-order valence-corrected chi connectivity index (χ4v) is 3.80. The van der Waals surface area contributed by atoms with Crippen LogP contribution in [0.25, 0.3) is 0 Å². The summed E-state index contributed by atoms with van der Waals surface area (Å²) in [4.78, 5) is 2.16. The molecule has 0 spiro atoms. The molecule has 0 bridgehead atoms. The number of aliphatic hydroxyl groups excluding tert-OH is 1. The SMILES string of the molecule is CC(N(CCO)CCN(C(C)(C)C)S(C)(=O)=O)C(C)(C)C. The minimum Gasteiger partial charge on any atom is -0.395 e. The van der Waals surface area contributed by atoms with E-state index in [1.54, 1.807) is 0 Å². The van der Waals surface area contributed by atoms with Crippen LogP contribution in [-0.2, 0) is 10.0 Å². The highest BCUT2D eigenvalue weighted by atomic mass is 32.2. The normalized spacial score (nSPS) is 15.8. The molecule has 6 heteroatoms. The van der Waals surface area contributed by atoms with Crippen molar-refractivity contribution in [3.05, 3.63) is 0 Å². The third-order valence-corrected chi connectivity index (χ3v) is 5.46. The number of hydrogen-bond donors (Lipinski definition) is 1. The molecule has 128 valence electrons. The second-order valence-corrected chi connectivity index (χ2v) is 9.71. The summed E-state index contributed by atoms with van der Waals surface area (Å²) in [5.41, 5.74) is -0.365. The zero-order valence-electron chi connectivity index (χ0n) is 15.0. The molecule has 1 N–H and O–H groups in total. The number of hydrogen-bond acceptors (Lipinski definition) is 4. The quantitative estimate of drug-likeness (QED) is 0.776. The Hall–Kier alpha value is -0.170. The van der Waals surface area contributed by atoms with Crippen molar-refractivity contribution in [3.63, 3.8) is 0 Å². The van der Waals surface area contributed by atoms with Gasteiger partial charge in [-0.3, -0.25) is 4.90 Å².